The van der Waals surface area contributed by atoms with Gasteiger partial charge in [0.1, 0.15) is 0 Å². The Morgan fingerprint density at radius 3 is 2.42 bits per heavy atom. The second-order valence-corrected chi connectivity index (χ2v) is 3.62. The molecular weight excluding hydrogens is 158 g/mol. The second-order valence-electron chi connectivity index (χ2n) is 3.62. The molecule has 1 unspecified atom stereocenters. The number of hydrogen-bond acceptors (Lipinski definition) is 3. The van der Waals surface area contributed by atoms with Crippen molar-refractivity contribution < 1.29 is 15.0 Å². The summed E-state index contributed by atoms with van der Waals surface area (Å²) in [6, 6.07) is 0. The standard InChI is InChI=1S/C8H17NO3/c1-8(2,7(9)12)4-3-6(11)5-10/h6,10-11H,3-5H2,1-2H3,(H2,9,12). The molecule has 0 fully saturated rings. The average Bonchev–Trinajstić information content (AvgIpc) is 2.00. The molecule has 0 saturated carbocycles. The first-order valence-corrected chi connectivity index (χ1v) is 3.99. The van der Waals surface area contributed by atoms with Gasteiger partial charge in [-0.15, -0.1) is 0 Å². The van der Waals surface area contributed by atoms with Crippen LogP contribution in [0.2, 0.25) is 0 Å². The SMILES string of the molecule is CC(C)(CCC(O)CO)C(N)=O. The summed E-state index contributed by atoms with van der Waals surface area (Å²) < 4.78 is 0. The lowest BCUT2D eigenvalue weighted by atomic mass is 9.86. The molecule has 4 nitrogen and oxygen atoms in total. The summed E-state index contributed by atoms with van der Waals surface area (Å²) in [7, 11) is 0. The van der Waals surface area contributed by atoms with Gasteiger partial charge in [-0.1, -0.05) is 13.8 Å². The van der Waals surface area contributed by atoms with Crippen molar-refractivity contribution >= 4 is 5.91 Å². The van der Waals surface area contributed by atoms with E-state index in [1.165, 1.54) is 0 Å². The van der Waals surface area contributed by atoms with Crippen molar-refractivity contribution in [3.63, 3.8) is 0 Å². The summed E-state index contributed by atoms with van der Waals surface area (Å²) in [5, 5.41) is 17.5. The van der Waals surface area contributed by atoms with Crippen LogP contribution in [0.15, 0.2) is 0 Å². The molecule has 0 aliphatic heterocycles. The average molecular weight is 175 g/mol. The van der Waals surface area contributed by atoms with Crippen LogP contribution in [0.3, 0.4) is 0 Å². The van der Waals surface area contributed by atoms with Gasteiger partial charge in [0, 0.05) is 5.41 Å². The molecule has 0 bridgehead atoms. The van der Waals surface area contributed by atoms with E-state index in [0.29, 0.717) is 12.8 Å². The van der Waals surface area contributed by atoms with Crippen molar-refractivity contribution in [1.29, 1.82) is 0 Å². The van der Waals surface area contributed by atoms with E-state index >= 15 is 0 Å². The van der Waals surface area contributed by atoms with E-state index < -0.39 is 11.5 Å². The lowest BCUT2D eigenvalue weighted by Crippen LogP contribution is -2.32. The van der Waals surface area contributed by atoms with Crippen LogP contribution >= 0.6 is 0 Å². The van der Waals surface area contributed by atoms with E-state index in [1.807, 2.05) is 0 Å². The molecule has 0 rings (SSSR count). The Labute approximate surface area is 72.4 Å². The Bertz CT molecular complexity index is 156. The quantitative estimate of drug-likeness (QED) is 0.533. The van der Waals surface area contributed by atoms with Crippen LogP contribution in [0.1, 0.15) is 26.7 Å². The molecule has 0 aliphatic carbocycles. The molecule has 0 aromatic heterocycles. The smallest absolute Gasteiger partial charge is 0.223 e. The molecule has 4 heteroatoms. The van der Waals surface area contributed by atoms with E-state index in [2.05, 4.69) is 0 Å². The summed E-state index contributed by atoms with van der Waals surface area (Å²) in [4.78, 5) is 10.8. The second kappa shape index (κ2) is 4.42. The maximum Gasteiger partial charge on any atom is 0.223 e. The summed E-state index contributed by atoms with van der Waals surface area (Å²) in [5.41, 5.74) is 4.51. The van der Waals surface area contributed by atoms with Crippen molar-refractivity contribution in [2.24, 2.45) is 11.1 Å². The molecule has 12 heavy (non-hydrogen) atoms. The molecule has 0 aromatic rings. The van der Waals surface area contributed by atoms with Gasteiger partial charge >= 0.3 is 0 Å². The number of amides is 1. The number of hydrogen-bond donors (Lipinski definition) is 3. The van der Waals surface area contributed by atoms with Gasteiger partial charge in [0.2, 0.25) is 5.91 Å². The maximum absolute atomic E-state index is 10.8. The zero-order valence-corrected chi connectivity index (χ0v) is 7.58. The molecule has 0 saturated heterocycles. The van der Waals surface area contributed by atoms with Crippen molar-refractivity contribution in [3.05, 3.63) is 0 Å². The highest BCUT2D eigenvalue weighted by atomic mass is 16.3. The van der Waals surface area contributed by atoms with Gasteiger partial charge in [-0.25, -0.2) is 0 Å². The molecule has 72 valence electrons. The van der Waals surface area contributed by atoms with Crippen LogP contribution in [-0.4, -0.2) is 28.8 Å². The first-order chi connectivity index (χ1) is 5.40. The van der Waals surface area contributed by atoms with Crippen molar-refractivity contribution in [1.82, 2.24) is 0 Å². The fourth-order valence-electron chi connectivity index (χ4n) is 0.742. The number of nitrogens with two attached hydrogens (primary N) is 1. The molecule has 4 N–H and O–H groups in total. The van der Waals surface area contributed by atoms with Gasteiger partial charge in [0.05, 0.1) is 12.7 Å². The van der Waals surface area contributed by atoms with Gasteiger partial charge in [-0.05, 0) is 12.8 Å². The predicted molar refractivity (Wildman–Crippen MR) is 45.3 cm³/mol. The topological polar surface area (TPSA) is 83.6 Å². The predicted octanol–water partition coefficient (Wildman–Crippen LogP) is -0.369. The molecule has 1 amide bonds. The zero-order chi connectivity index (χ0) is 9.78. The lowest BCUT2D eigenvalue weighted by Gasteiger charge is -2.21. The highest BCUT2D eigenvalue weighted by molar-refractivity contribution is 5.79. The third kappa shape index (κ3) is 3.69. The molecule has 1 atom stereocenters. The molecule has 0 radical (unpaired) electrons. The Balaban J connectivity index is 3.83. The minimum atomic E-state index is -0.747. The molecular formula is C8H17NO3. The van der Waals surface area contributed by atoms with Gasteiger partial charge in [0.25, 0.3) is 0 Å². The third-order valence-corrected chi connectivity index (χ3v) is 1.98. The van der Waals surface area contributed by atoms with E-state index in [4.69, 9.17) is 15.9 Å². The van der Waals surface area contributed by atoms with Crippen LogP contribution < -0.4 is 5.73 Å². The summed E-state index contributed by atoms with van der Waals surface area (Å²) in [5.74, 6) is -0.382. The van der Waals surface area contributed by atoms with E-state index in [1.54, 1.807) is 13.8 Å². The fraction of sp³-hybridized carbons (Fsp3) is 0.875. The zero-order valence-electron chi connectivity index (χ0n) is 7.58. The van der Waals surface area contributed by atoms with E-state index in [-0.39, 0.29) is 12.5 Å². The van der Waals surface area contributed by atoms with Gasteiger partial charge < -0.3 is 15.9 Å². The highest BCUT2D eigenvalue weighted by Gasteiger charge is 2.25. The lowest BCUT2D eigenvalue weighted by molar-refractivity contribution is -0.126. The maximum atomic E-state index is 10.8. The Morgan fingerprint density at radius 1 is 1.58 bits per heavy atom. The van der Waals surface area contributed by atoms with Crippen LogP contribution in [0.5, 0.6) is 0 Å². The fourth-order valence-corrected chi connectivity index (χ4v) is 0.742. The van der Waals surface area contributed by atoms with Crippen LogP contribution in [0.4, 0.5) is 0 Å². The Hall–Kier alpha value is -0.610. The molecule has 0 aliphatic rings. The Kier molecular flexibility index (Phi) is 4.20. The van der Waals surface area contributed by atoms with E-state index in [0.717, 1.165) is 0 Å². The summed E-state index contributed by atoms with van der Waals surface area (Å²) in [6.07, 6.45) is 0.139. The first kappa shape index (κ1) is 11.4. The van der Waals surface area contributed by atoms with Crippen LogP contribution in [-0.2, 0) is 4.79 Å². The van der Waals surface area contributed by atoms with Gasteiger partial charge in [-0.2, -0.15) is 0 Å². The number of carbonyl (C=O) groups is 1. The van der Waals surface area contributed by atoms with Crippen molar-refractivity contribution in [3.8, 4) is 0 Å². The molecule has 0 aromatic carbocycles. The number of aliphatic hydroxyl groups is 2. The summed E-state index contributed by atoms with van der Waals surface area (Å²) in [6.45, 7) is 3.17. The van der Waals surface area contributed by atoms with Gasteiger partial charge in [0.15, 0.2) is 0 Å². The first-order valence-electron chi connectivity index (χ1n) is 3.99. The van der Waals surface area contributed by atoms with Crippen molar-refractivity contribution in [2.45, 2.75) is 32.8 Å². The van der Waals surface area contributed by atoms with Gasteiger partial charge in [-0.3, -0.25) is 4.79 Å². The number of aliphatic hydroxyl groups excluding tert-OH is 2. The largest absolute Gasteiger partial charge is 0.394 e. The van der Waals surface area contributed by atoms with E-state index in [9.17, 15) is 4.79 Å². The molecule has 0 heterocycles. The monoisotopic (exact) mass is 175 g/mol. The number of rotatable bonds is 5. The minimum absolute atomic E-state index is 0.269. The number of carbonyl (C=O) groups excluding carboxylic acids is 1. The van der Waals surface area contributed by atoms with Crippen molar-refractivity contribution in [2.75, 3.05) is 6.61 Å². The Morgan fingerprint density at radius 2 is 2.08 bits per heavy atom. The third-order valence-electron chi connectivity index (χ3n) is 1.98. The normalized spacial score (nSPS) is 14.3. The molecule has 0 spiro atoms. The number of primary amides is 1. The van der Waals surface area contributed by atoms with Crippen LogP contribution in [0, 0.1) is 5.41 Å². The summed E-state index contributed by atoms with van der Waals surface area (Å²) >= 11 is 0. The van der Waals surface area contributed by atoms with Crippen LogP contribution in [0.25, 0.3) is 0 Å². The highest BCUT2D eigenvalue weighted by Crippen LogP contribution is 2.22. The minimum Gasteiger partial charge on any atom is -0.394 e.